The fraction of sp³-hybridized carbons (Fsp3) is 0.263. The second kappa shape index (κ2) is 8.83. The zero-order valence-electron chi connectivity index (χ0n) is 15.1. The standard InChI is InChI=1S/C19H20Cl3N3O2/c1-19(2,3)25-18(27)11-4-6-12(7-5-11)23-10-17(26)24-16-9-14(21)13(20)8-15(16)22/h4-9,23H,10H2,1-3H3,(H,24,26)(H,25,27). The monoisotopic (exact) mass is 427 g/mol. The van der Waals surface area contributed by atoms with Crippen molar-refractivity contribution in [1.82, 2.24) is 5.32 Å². The summed E-state index contributed by atoms with van der Waals surface area (Å²) in [5.41, 5.74) is 1.32. The molecule has 0 spiro atoms. The van der Waals surface area contributed by atoms with Crippen LogP contribution in [0.1, 0.15) is 31.1 Å². The smallest absolute Gasteiger partial charge is 0.251 e. The number of hydrogen-bond acceptors (Lipinski definition) is 3. The first kappa shape index (κ1) is 21.4. The summed E-state index contributed by atoms with van der Waals surface area (Å²) < 4.78 is 0. The Morgan fingerprint density at radius 2 is 1.52 bits per heavy atom. The molecule has 0 fully saturated rings. The molecule has 0 unspecified atom stereocenters. The van der Waals surface area contributed by atoms with Crippen molar-refractivity contribution in [3.8, 4) is 0 Å². The fourth-order valence-electron chi connectivity index (χ4n) is 2.15. The average molecular weight is 429 g/mol. The van der Waals surface area contributed by atoms with Crippen LogP contribution >= 0.6 is 34.8 Å². The number of halogens is 3. The van der Waals surface area contributed by atoms with Gasteiger partial charge in [-0.25, -0.2) is 0 Å². The number of carbonyl (C=O) groups is 2. The van der Waals surface area contributed by atoms with Gasteiger partial charge in [-0.3, -0.25) is 9.59 Å². The SMILES string of the molecule is CC(C)(C)NC(=O)c1ccc(NCC(=O)Nc2cc(Cl)c(Cl)cc2Cl)cc1. The van der Waals surface area contributed by atoms with Crippen molar-refractivity contribution in [2.75, 3.05) is 17.2 Å². The van der Waals surface area contributed by atoms with Crippen LogP contribution in [0.3, 0.4) is 0 Å². The lowest BCUT2D eigenvalue weighted by Gasteiger charge is -2.20. The van der Waals surface area contributed by atoms with E-state index < -0.39 is 0 Å². The molecule has 0 bridgehead atoms. The molecule has 0 heterocycles. The molecule has 0 aromatic heterocycles. The van der Waals surface area contributed by atoms with Crippen LogP contribution in [0.5, 0.6) is 0 Å². The second-order valence-corrected chi connectivity index (χ2v) is 8.15. The van der Waals surface area contributed by atoms with Crippen molar-refractivity contribution in [2.24, 2.45) is 0 Å². The third kappa shape index (κ3) is 6.61. The molecule has 0 saturated heterocycles. The molecule has 2 rings (SSSR count). The summed E-state index contributed by atoms with van der Waals surface area (Å²) in [5.74, 6) is -0.453. The van der Waals surface area contributed by atoms with Crippen LogP contribution in [0.4, 0.5) is 11.4 Å². The number of nitrogens with one attached hydrogen (secondary N) is 3. The zero-order valence-corrected chi connectivity index (χ0v) is 17.4. The second-order valence-electron chi connectivity index (χ2n) is 6.93. The van der Waals surface area contributed by atoms with E-state index in [4.69, 9.17) is 34.8 Å². The Bertz CT molecular complexity index is 847. The number of benzene rings is 2. The fourth-order valence-corrected chi connectivity index (χ4v) is 2.74. The van der Waals surface area contributed by atoms with E-state index in [9.17, 15) is 9.59 Å². The van der Waals surface area contributed by atoms with E-state index in [1.165, 1.54) is 12.1 Å². The minimum atomic E-state index is -0.308. The van der Waals surface area contributed by atoms with Gasteiger partial charge >= 0.3 is 0 Å². The van der Waals surface area contributed by atoms with E-state index in [0.717, 1.165) is 0 Å². The van der Waals surface area contributed by atoms with Crippen LogP contribution < -0.4 is 16.0 Å². The Morgan fingerprint density at radius 1 is 0.926 bits per heavy atom. The first-order valence-corrected chi connectivity index (χ1v) is 9.29. The molecule has 0 atom stereocenters. The molecule has 0 aliphatic carbocycles. The Balaban J connectivity index is 1.92. The van der Waals surface area contributed by atoms with Gasteiger partial charge in [0.05, 0.1) is 27.3 Å². The van der Waals surface area contributed by atoms with E-state index in [0.29, 0.717) is 32.0 Å². The maximum atomic E-state index is 12.1. The van der Waals surface area contributed by atoms with Crippen LogP contribution in [0.25, 0.3) is 0 Å². The number of rotatable bonds is 5. The summed E-state index contributed by atoms with van der Waals surface area (Å²) in [6.07, 6.45) is 0. The van der Waals surface area contributed by atoms with Crippen LogP contribution in [0.2, 0.25) is 15.1 Å². The van der Waals surface area contributed by atoms with Gasteiger partial charge in [-0.15, -0.1) is 0 Å². The maximum absolute atomic E-state index is 12.1. The number of hydrogen-bond donors (Lipinski definition) is 3. The average Bonchev–Trinajstić information content (AvgIpc) is 2.57. The topological polar surface area (TPSA) is 70.2 Å². The van der Waals surface area contributed by atoms with Gasteiger partial charge in [0, 0.05) is 16.8 Å². The summed E-state index contributed by atoms with van der Waals surface area (Å²) in [6.45, 7) is 5.77. The Hall–Kier alpha value is -1.95. The van der Waals surface area contributed by atoms with E-state index in [1.807, 2.05) is 20.8 Å². The molecule has 0 radical (unpaired) electrons. The lowest BCUT2D eigenvalue weighted by Crippen LogP contribution is -2.40. The highest BCUT2D eigenvalue weighted by Crippen LogP contribution is 2.32. The highest BCUT2D eigenvalue weighted by Gasteiger charge is 2.15. The molecular weight excluding hydrogens is 409 g/mol. The van der Waals surface area contributed by atoms with Crippen molar-refractivity contribution in [2.45, 2.75) is 26.3 Å². The molecule has 0 saturated carbocycles. The minimum absolute atomic E-state index is 0.0180. The molecule has 2 aromatic rings. The van der Waals surface area contributed by atoms with Crippen LogP contribution in [0.15, 0.2) is 36.4 Å². The van der Waals surface area contributed by atoms with Gasteiger partial charge in [-0.2, -0.15) is 0 Å². The first-order valence-electron chi connectivity index (χ1n) is 8.16. The predicted molar refractivity (Wildman–Crippen MR) is 112 cm³/mol. The molecule has 2 amide bonds. The Morgan fingerprint density at radius 3 is 2.11 bits per heavy atom. The van der Waals surface area contributed by atoms with Crippen molar-refractivity contribution in [1.29, 1.82) is 0 Å². The van der Waals surface area contributed by atoms with Crippen LogP contribution in [-0.4, -0.2) is 23.9 Å². The van der Waals surface area contributed by atoms with Crippen LogP contribution in [-0.2, 0) is 4.79 Å². The molecule has 8 heteroatoms. The van der Waals surface area contributed by atoms with Gasteiger partial charge in [0.15, 0.2) is 0 Å². The van der Waals surface area contributed by atoms with Crippen molar-refractivity contribution in [3.63, 3.8) is 0 Å². The molecule has 0 aliphatic heterocycles. The molecule has 5 nitrogen and oxygen atoms in total. The Labute approximate surface area is 173 Å². The summed E-state index contributed by atoms with van der Waals surface area (Å²) in [6, 6.07) is 9.81. The molecule has 144 valence electrons. The third-order valence-electron chi connectivity index (χ3n) is 3.37. The highest BCUT2D eigenvalue weighted by molar-refractivity contribution is 6.44. The number of carbonyl (C=O) groups excluding carboxylic acids is 2. The minimum Gasteiger partial charge on any atom is -0.376 e. The first-order chi connectivity index (χ1) is 12.5. The summed E-state index contributed by atoms with van der Waals surface area (Å²) in [4.78, 5) is 24.2. The lowest BCUT2D eigenvalue weighted by atomic mass is 10.1. The van der Waals surface area contributed by atoms with Crippen molar-refractivity contribution >= 4 is 58.0 Å². The van der Waals surface area contributed by atoms with Gasteiger partial charge in [-0.1, -0.05) is 34.8 Å². The molecular formula is C19H20Cl3N3O2. The molecule has 3 N–H and O–H groups in total. The molecule has 0 aliphatic rings. The Kier molecular flexibility index (Phi) is 6.98. The normalized spacial score (nSPS) is 11.0. The zero-order chi connectivity index (χ0) is 20.2. The maximum Gasteiger partial charge on any atom is 0.251 e. The number of anilines is 2. The van der Waals surface area contributed by atoms with Gasteiger partial charge in [-0.05, 0) is 57.2 Å². The highest BCUT2D eigenvalue weighted by atomic mass is 35.5. The van der Waals surface area contributed by atoms with E-state index in [-0.39, 0.29) is 23.9 Å². The van der Waals surface area contributed by atoms with E-state index in [1.54, 1.807) is 24.3 Å². The number of amides is 2. The van der Waals surface area contributed by atoms with Gasteiger partial charge < -0.3 is 16.0 Å². The van der Waals surface area contributed by atoms with E-state index in [2.05, 4.69) is 16.0 Å². The van der Waals surface area contributed by atoms with Crippen molar-refractivity contribution < 1.29 is 9.59 Å². The quantitative estimate of drug-likeness (QED) is 0.571. The van der Waals surface area contributed by atoms with Gasteiger partial charge in [0.2, 0.25) is 5.91 Å². The molecule has 2 aromatic carbocycles. The van der Waals surface area contributed by atoms with Crippen LogP contribution in [0, 0.1) is 0 Å². The summed E-state index contributed by atoms with van der Waals surface area (Å²) in [5, 5.41) is 9.44. The van der Waals surface area contributed by atoms with Gasteiger partial charge in [0.1, 0.15) is 0 Å². The summed E-state index contributed by atoms with van der Waals surface area (Å²) >= 11 is 17.8. The largest absolute Gasteiger partial charge is 0.376 e. The lowest BCUT2D eigenvalue weighted by molar-refractivity contribution is -0.114. The van der Waals surface area contributed by atoms with Gasteiger partial charge in [0.25, 0.3) is 5.91 Å². The van der Waals surface area contributed by atoms with Crippen molar-refractivity contribution in [3.05, 3.63) is 57.0 Å². The molecule has 27 heavy (non-hydrogen) atoms. The van der Waals surface area contributed by atoms with E-state index >= 15 is 0 Å². The summed E-state index contributed by atoms with van der Waals surface area (Å²) in [7, 11) is 0. The predicted octanol–water partition coefficient (Wildman–Crippen LogP) is 5.23. The third-order valence-corrected chi connectivity index (χ3v) is 4.41.